The largest absolute Gasteiger partial charge is 0.380 e. The Balaban J connectivity index is 0.00000264. The van der Waals surface area contributed by atoms with Crippen molar-refractivity contribution in [2.75, 3.05) is 12.4 Å². The van der Waals surface area contributed by atoms with Gasteiger partial charge in [0.05, 0.1) is 13.2 Å². The van der Waals surface area contributed by atoms with Crippen LogP contribution in [0, 0.1) is 5.82 Å². The maximum absolute atomic E-state index is 13.3. The first-order valence-corrected chi connectivity index (χ1v) is 7.46. The number of nitrogens with two attached hydrogens (primary N) is 1. The van der Waals surface area contributed by atoms with Crippen molar-refractivity contribution in [2.24, 2.45) is 10.7 Å². The van der Waals surface area contributed by atoms with Crippen LogP contribution in [-0.2, 0) is 17.9 Å². The number of rotatable bonds is 5. The maximum Gasteiger partial charge on any atom is 0.193 e. The zero-order chi connectivity index (χ0) is 15.9. The van der Waals surface area contributed by atoms with Gasteiger partial charge in [-0.1, -0.05) is 34.1 Å². The fourth-order valence-corrected chi connectivity index (χ4v) is 2.49. The molecule has 0 fully saturated rings. The molecule has 0 heterocycles. The average molecular weight is 494 g/mol. The molecule has 2 aromatic carbocycles. The van der Waals surface area contributed by atoms with E-state index in [0.717, 1.165) is 16.8 Å². The highest BCUT2D eigenvalue weighted by Gasteiger charge is 2.03. The van der Waals surface area contributed by atoms with E-state index in [1.54, 1.807) is 13.2 Å². The molecule has 0 atom stereocenters. The zero-order valence-corrected chi connectivity index (χ0v) is 16.5. The summed E-state index contributed by atoms with van der Waals surface area (Å²) in [6, 6.07) is 12.3. The van der Waals surface area contributed by atoms with Crippen LogP contribution in [0.1, 0.15) is 11.1 Å². The highest BCUT2D eigenvalue weighted by atomic mass is 127. The predicted octanol–water partition coefficient (Wildman–Crippen LogP) is 4.28. The third kappa shape index (κ3) is 6.44. The minimum atomic E-state index is -0.309. The number of benzene rings is 2. The number of nitrogens with zero attached hydrogens (tertiary/aromatic N) is 1. The van der Waals surface area contributed by atoms with Crippen LogP contribution in [0.5, 0.6) is 0 Å². The Morgan fingerprint density at radius 3 is 2.74 bits per heavy atom. The first kappa shape index (κ1) is 19.9. The number of methoxy groups -OCH3 is 1. The van der Waals surface area contributed by atoms with Crippen LogP contribution in [-0.4, -0.2) is 13.1 Å². The smallest absolute Gasteiger partial charge is 0.193 e. The molecule has 3 N–H and O–H groups in total. The van der Waals surface area contributed by atoms with Gasteiger partial charge in [-0.05, 0) is 29.8 Å². The lowest BCUT2D eigenvalue weighted by atomic mass is 10.2. The van der Waals surface area contributed by atoms with Gasteiger partial charge in [-0.25, -0.2) is 9.38 Å². The van der Waals surface area contributed by atoms with Gasteiger partial charge in [-0.15, -0.1) is 24.0 Å². The molecule has 0 amide bonds. The Bertz CT molecular complexity index is 662. The highest BCUT2D eigenvalue weighted by Crippen LogP contribution is 2.17. The first-order chi connectivity index (χ1) is 10.6. The summed E-state index contributed by atoms with van der Waals surface area (Å²) in [5.41, 5.74) is 8.45. The van der Waals surface area contributed by atoms with Crippen molar-refractivity contribution in [3.8, 4) is 0 Å². The predicted molar refractivity (Wildman–Crippen MR) is 106 cm³/mol. The number of halogens is 3. The van der Waals surface area contributed by atoms with E-state index < -0.39 is 0 Å². The van der Waals surface area contributed by atoms with Gasteiger partial charge in [-0.2, -0.15) is 0 Å². The van der Waals surface area contributed by atoms with Gasteiger partial charge in [0, 0.05) is 22.8 Å². The van der Waals surface area contributed by atoms with Crippen molar-refractivity contribution in [3.05, 3.63) is 63.9 Å². The molecular formula is C16H18BrFIN3O. The minimum Gasteiger partial charge on any atom is -0.380 e. The number of anilines is 1. The van der Waals surface area contributed by atoms with E-state index in [2.05, 4.69) is 26.2 Å². The van der Waals surface area contributed by atoms with Crippen molar-refractivity contribution in [3.63, 3.8) is 0 Å². The molecule has 0 unspecified atom stereocenters. The van der Waals surface area contributed by atoms with Gasteiger partial charge in [0.15, 0.2) is 5.96 Å². The third-order valence-corrected chi connectivity index (χ3v) is 3.39. The lowest BCUT2D eigenvalue weighted by Gasteiger charge is -2.11. The summed E-state index contributed by atoms with van der Waals surface area (Å²) in [7, 11) is 1.63. The van der Waals surface area contributed by atoms with Crippen molar-refractivity contribution in [1.29, 1.82) is 0 Å². The molecular weight excluding hydrogens is 476 g/mol. The summed E-state index contributed by atoms with van der Waals surface area (Å²) in [5.74, 6) is -0.0412. The number of hydrogen-bond acceptors (Lipinski definition) is 2. The molecule has 0 spiro atoms. The Labute approximate surface area is 160 Å². The fourth-order valence-electron chi connectivity index (χ4n) is 1.98. The SMILES string of the molecule is COCc1ccccc1NC(N)=NCc1cc(F)cc(Br)c1.I. The van der Waals surface area contributed by atoms with Crippen LogP contribution < -0.4 is 11.1 Å². The molecule has 7 heteroatoms. The lowest BCUT2D eigenvalue weighted by Crippen LogP contribution is -2.23. The number of nitrogens with one attached hydrogen (secondary N) is 1. The number of para-hydroxylation sites is 1. The Hall–Kier alpha value is -1.19. The molecule has 23 heavy (non-hydrogen) atoms. The molecule has 0 aromatic heterocycles. The van der Waals surface area contributed by atoms with Gasteiger partial charge < -0.3 is 15.8 Å². The molecule has 4 nitrogen and oxygen atoms in total. The van der Waals surface area contributed by atoms with E-state index in [9.17, 15) is 4.39 Å². The number of aliphatic imine (C=N–C) groups is 1. The van der Waals surface area contributed by atoms with E-state index in [0.29, 0.717) is 17.6 Å². The molecule has 2 rings (SSSR count). The summed E-state index contributed by atoms with van der Waals surface area (Å²) in [6.45, 7) is 0.773. The van der Waals surface area contributed by atoms with Gasteiger partial charge in [0.25, 0.3) is 0 Å². The second-order valence-electron chi connectivity index (χ2n) is 4.69. The van der Waals surface area contributed by atoms with Crippen LogP contribution in [0.3, 0.4) is 0 Å². The Morgan fingerprint density at radius 2 is 2.04 bits per heavy atom. The van der Waals surface area contributed by atoms with Crippen LogP contribution in [0.4, 0.5) is 10.1 Å². The van der Waals surface area contributed by atoms with Crippen LogP contribution in [0.15, 0.2) is 51.9 Å². The van der Waals surface area contributed by atoms with Crippen molar-refractivity contribution in [2.45, 2.75) is 13.2 Å². The van der Waals surface area contributed by atoms with Crippen molar-refractivity contribution in [1.82, 2.24) is 0 Å². The van der Waals surface area contributed by atoms with Crippen LogP contribution >= 0.6 is 39.9 Å². The second-order valence-corrected chi connectivity index (χ2v) is 5.61. The minimum absolute atomic E-state index is 0. The molecule has 0 saturated carbocycles. The van der Waals surface area contributed by atoms with E-state index >= 15 is 0 Å². The standard InChI is InChI=1S/C16H17BrFN3O.HI/c1-22-10-12-4-2-3-5-15(12)21-16(19)20-9-11-6-13(17)8-14(18)7-11;/h2-8H,9-10H2,1H3,(H3,19,20,21);1H. The number of guanidine groups is 1. The van der Waals surface area contributed by atoms with E-state index in [4.69, 9.17) is 10.5 Å². The summed E-state index contributed by atoms with van der Waals surface area (Å²) >= 11 is 3.25. The van der Waals surface area contributed by atoms with E-state index in [-0.39, 0.29) is 35.8 Å². The molecule has 0 radical (unpaired) electrons. The summed E-state index contributed by atoms with van der Waals surface area (Å²) in [6.07, 6.45) is 0. The van der Waals surface area contributed by atoms with Crippen LogP contribution in [0.25, 0.3) is 0 Å². The average Bonchev–Trinajstić information content (AvgIpc) is 2.46. The normalized spacial score (nSPS) is 11.0. The molecule has 0 aliphatic rings. The van der Waals surface area contributed by atoms with Gasteiger partial charge >= 0.3 is 0 Å². The Morgan fingerprint density at radius 1 is 1.30 bits per heavy atom. The van der Waals surface area contributed by atoms with E-state index in [1.165, 1.54) is 12.1 Å². The topological polar surface area (TPSA) is 59.6 Å². The van der Waals surface area contributed by atoms with Crippen molar-refractivity contribution >= 4 is 51.6 Å². The molecule has 0 bridgehead atoms. The highest BCUT2D eigenvalue weighted by molar-refractivity contribution is 14.0. The zero-order valence-electron chi connectivity index (χ0n) is 12.6. The molecule has 2 aromatic rings. The number of ether oxygens (including phenoxy) is 1. The van der Waals surface area contributed by atoms with Gasteiger partial charge in [0.1, 0.15) is 5.82 Å². The quantitative estimate of drug-likeness (QED) is 0.371. The molecule has 0 aliphatic carbocycles. The number of hydrogen-bond donors (Lipinski definition) is 2. The third-order valence-electron chi connectivity index (χ3n) is 2.93. The maximum atomic E-state index is 13.3. The molecule has 0 saturated heterocycles. The van der Waals surface area contributed by atoms with Gasteiger partial charge in [-0.3, -0.25) is 0 Å². The first-order valence-electron chi connectivity index (χ1n) is 6.67. The summed E-state index contributed by atoms with van der Waals surface area (Å²) in [4.78, 5) is 4.23. The fraction of sp³-hybridized carbons (Fsp3) is 0.188. The Kier molecular flexibility index (Phi) is 8.49. The monoisotopic (exact) mass is 493 g/mol. The molecule has 0 aliphatic heterocycles. The van der Waals surface area contributed by atoms with Crippen LogP contribution in [0.2, 0.25) is 0 Å². The van der Waals surface area contributed by atoms with Gasteiger partial charge in [0.2, 0.25) is 0 Å². The summed E-state index contributed by atoms with van der Waals surface area (Å²) in [5, 5.41) is 3.04. The van der Waals surface area contributed by atoms with E-state index in [1.807, 2.05) is 24.3 Å². The molecule has 124 valence electrons. The second kappa shape index (κ2) is 9.84. The van der Waals surface area contributed by atoms with Crippen molar-refractivity contribution < 1.29 is 9.13 Å². The lowest BCUT2D eigenvalue weighted by molar-refractivity contribution is 0.185. The summed E-state index contributed by atoms with van der Waals surface area (Å²) < 4.78 is 19.1.